The topological polar surface area (TPSA) is 105 Å². The lowest BCUT2D eigenvalue weighted by atomic mass is 10.0. The zero-order valence-corrected chi connectivity index (χ0v) is 12.7. The van der Waals surface area contributed by atoms with Gasteiger partial charge in [0.1, 0.15) is 5.69 Å². The molecule has 0 bridgehead atoms. The van der Waals surface area contributed by atoms with Gasteiger partial charge in [0.2, 0.25) is 0 Å². The maximum absolute atomic E-state index is 11.9. The van der Waals surface area contributed by atoms with Crippen LogP contribution in [0.4, 0.5) is 0 Å². The van der Waals surface area contributed by atoms with Crippen LogP contribution in [0.2, 0.25) is 0 Å². The van der Waals surface area contributed by atoms with E-state index < -0.39 is 11.9 Å². The number of aromatic nitrogens is 1. The quantitative estimate of drug-likeness (QED) is 0.696. The van der Waals surface area contributed by atoms with Crippen molar-refractivity contribution in [3.63, 3.8) is 0 Å². The first-order valence-corrected chi connectivity index (χ1v) is 6.29. The highest BCUT2D eigenvalue weighted by Crippen LogP contribution is 2.21. The van der Waals surface area contributed by atoms with E-state index in [1.54, 1.807) is 13.8 Å². The average Bonchev–Trinajstić information content (AvgIpc) is 2.66. The molecule has 0 saturated carbocycles. The predicted octanol–water partition coefficient (Wildman–Crippen LogP) is 1.90. The molecule has 0 fully saturated rings. The molecule has 20 heavy (non-hydrogen) atoms. The number of ether oxygens (including phenoxy) is 1. The standard InChI is InChI=1S/C13H20N2O4.ClH/c1-4-8(14)6-9-10(13(18)19-5-2)7(3)11(15-9)12(16)17;/h8,15H,4-6,14H2,1-3H3,(H,16,17);1H. The molecule has 114 valence electrons. The third kappa shape index (κ3) is 3.98. The van der Waals surface area contributed by atoms with Crippen LogP contribution in [-0.2, 0) is 11.2 Å². The summed E-state index contributed by atoms with van der Waals surface area (Å²) < 4.78 is 4.97. The highest BCUT2D eigenvalue weighted by Gasteiger charge is 2.25. The van der Waals surface area contributed by atoms with Crippen molar-refractivity contribution in [3.05, 3.63) is 22.5 Å². The molecular formula is C13H21ClN2O4. The highest BCUT2D eigenvalue weighted by molar-refractivity contribution is 5.98. The van der Waals surface area contributed by atoms with Crippen molar-refractivity contribution in [3.8, 4) is 0 Å². The molecule has 0 spiro atoms. The van der Waals surface area contributed by atoms with Crippen LogP contribution >= 0.6 is 12.4 Å². The van der Waals surface area contributed by atoms with Crippen LogP contribution in [0.3, 0.4) is 0 Å². The summed E-state index contributed by atoms with van der Waals surface area (Å²) in [5.41, 5.74) is 7.10. The molecule has 1 aromatic rings. The van der Waals surface area contributed by atoms with Gasteiger partial charge in [-0.1, -0.05) is 6.92 Å². The lowest BCUT2D eigenvalue weighted by molar-refractivity contribution is 0.0524. The fourth-order valence-electron chi connectivity index (χ4n) is 1.91. The Hall–Kier alpha value is -1.53. The molecule has 1 heterocycles. The van der Waals surface area contributed by atoms with E-state index in [2.05, 4.69) is 4.98 Å². The van der Waals surface area contributed by atoms with Gasteiger partial charge in [0, 0.05) is 18.2 Å². The van der Waals surface area contributed by atoms with Gasteiger partial charge in [0.15, 0.2) is 0 Å². The van der Waals surface area contributed by atoms with Crippen LogP contribution in [0.5, 0.6) is 0 Å². The van der Waals surface area contributed by atoms with Gasteiger partial charge in [-0.15, -0.1) is 12.4 Å². The van der Waals surface area contributed by atoms with Gasteiger partial charge in [-0.2, -0.15) is 0 Å². The Morgan fingerprint density at radius 2 is 2.00 bits per heavy atom. The number of nitrogens with one attached hydrogen (secondary N) is 1. The van der Waals surface area contributed by atoms with Crippen LogP contribution in [0.15, 0.2) is 0 Å². The molecular weight excluding hydrogens is 284 g/mol. The minimum Gasteiger partial charge on any atom is -0.477 e. The summed E-state index contributed by atoms with van der Waals surface area (Å²) >= 11 is 0. The number of halogens is 1. The summed E-state index contributed by atoms with van der Waals surface area (Å²) in [6, 6.07) is -0.132. The number of H-pyrrole nitrogens is 1. The summed E-state index contributed by atoms with van der Waals surface area (Å²) in [6.45, 7) is 5.47. The molecule has 0 amide bonds. The summed E-state index contributed by atoms with van der Waals surface area (Å²) in [5.74, 6) is -1.61. The predicted molar refractivity (Wildman–Crippen MR) is 77.7 cm³/mol. The number of hydrogen-bond acceptors (Lipinski definition) is 4. The summed E-state index contributed by atoms with van der Waals surface area (Å²) in [6.07, 6.45) is 1.15. The monoisotopic (exact) mass is 304 g/mol. The SMILES string of the molecule is CCOC(=O)c1c(CC(N)CC)[nH]c(C(=O)O)c1C.Cl. The minimum absolute atomic E-state index is 0. The smallest absolute Gasteiger partial charge is 0.352 e. The molecule has 1 aromatic heterocycles. The van der Waals surface area contributed by atoms with Crippen molar-refractivity contribution < 1.29 is 19.4 Å². The van der Waals surface area contributed by atoms with Gasteiger partial charge in [0.05, 0.1) is 12.2 Å². The van der Waals surface area contributed by atoms with Gasteiger partial charge in [-0.05, 0) is 25.8 Å². The van der Waals surface area contributed by atoms with Gasteiger partial charge < -0.3 is 20.6 Å². The number of carbonyl (C=O) groups is 2. The van der Waals surface area contributed by atoms with E-state index in [0.29, 0.717) is 23.2 Å². The van der Waals surface area contributed by atoms with E-state index in [0.717, 1.165) is 6.42 Å². The molecule has 6 nitrogen and oxygen atoms in total. The highest BCUT2D eigenvalue weighted by atomic mass is 35.5. The number of aromatic amines is 1. The van der Waals surface area contributed by atoms with E-state index in [-0.39, 0.29) is 30.7 Å². The molecule has 1 atom stereocenters. The second kappa shape index (κ2) is 7.91. The number of carbonyl (C=O) groups excluding carboxylic acids is 1. The van der Waals surface area contributed by atoms with Crippen molar-refractivity contribution >= 4 is 24.3 Å². The Bertz CT molecular complexity index is 485. The van der Waals surface area contributed by atoms with Crippen molar-refractivity contribution in [1.82, 2.24) is 4.98 Å². The molecule has 0 aromatic carbocycles. The number of hydrogen-bond donors (Lipinski definition) is 3. The normalized spacial score (nSPS) is 11.6. The number of carboxylic acids is 1. The number of rotatable bonds is 6. The summed E-state index contributed by atoms with van der Waals surface area (Å²) in [4.78, 5) is 25.8. The Morgan fingerprint density at radius 1 is 1.40 bits per heavy atom. The molecule has 0 radical (unpaired) electrons. The van der Waals surface area contributed by atoms with Gasteiger partial charge in [-0.3, -0.25) is 0 Å². The van der Waals surface area contributed by atoms with Gasteiger partial charge in [0.25, 0.3) is 0 Å². The first-order chi connectivity index (χ1) is 8.92. The summed E-state index contributed by atoms with van der Waals surface area (Å²) in [5, 5.41) is 9.09. The molecule has 1 rings (SSSR count). The van der Waals surface area contributed by atoms with Gasteiger partial charge >= 0.3 is 11.9 Å². The lowest BCUT2D eigenvalue weighted by Gasteiger charge is -2.09. The Morgan fingerprint density at radius 3 is 2.45 bits per heavy atom. The summed E-state index contributed by atoms with van der Waals surface area (Å²) in [7, 11) is 0. The Kier molecular flexibility index (Phi) is 7.31. The first-order valence-electron chi connectivity index (χ1n) is 6.29. The lowest BCUT2D eigenvalue weighted by Crippen LogP contribution is -2.23. The van der Waals surface area contributed by atoms with Crippen LogP contribution < -0.4 is 5.73 Å². The fraction of sp³-hybridized carbons (Fsp3) is 0.538. The number of esters is 1. The molecule has 0 saturated heterocycles. The zero-order valence-electron chi connectivity index (χ0n) is 11.9. The first kappa shape index (κ1) is 18.5. The van der Waals surface area contributed by atoms with Crippen LogP contribution in [0.1, 0.15) is 52.4 Å². The van der Waals surface area contributed by atoms with E-state index in [1.807, 2.05) is 6.92 Å². The van der Waals surface area contributed by atoms with Crippen LogP contribution in [-0.4, -0.2) is 34.7 Å². The van der Waals surface area contributed by atoms with Crippen LogP contribution in [0.25, 0.3) is 0 Å². The van der Waals surface area contributed by atoms with Crippen molar-refractivity contribution in [2.75, 3.05) is 6.61 Å². The molecule has 4 N–H and O–H groups in total. The Labute approximate surface area is 124 Å². The van der Waals surface area contributed by atoms with E-state index in [9.17, 15) is 9.59 Å². The van der Waals surface area contributed by atoms with E-state index in [4.69, 9.17) is 15.6 Å². The third-order valence-electron chi connectivity index (χ3n) is 3.01. The zero-order chi connectivity index (χ0) is 14.6. The number of carboxylic acid groups (broad SMARTS) is 1. The Balaban J connectivity index is 0.00000361. The number of aromatic carboxylic acids is 1. The third-order valence-corrected chi connectivity index (χ3v) is 3.01. The maximum Gasteiger partial charge on any atom is 0.352 e. The largest absolute Gasteiger partial charge is 0.477 e. The van der Waals surface area contributed by atoms with Crippen molar-refractivity contribution in [2.24, 2.45) is 5.73 Å². The minimum atomic E-state index is -1.10. The molecule has 7 heteroatoms. The maximum atomic E-state index is 11.9. The van der Waals surface area contributed by atoms with Crippen molar-refractivity contribution in [2.45, 2.75) is 39.7 Å². The van der Waals surface area contributed by atoms with E-state index >= 15 is 0 Å². The molecule has 0 aliphatic heterocycles. The average molecular weight is 305 g/mol. The van der Waals surface area contributed by atoms with Crippen molar-refractivity contribution in [1.29, 1.82) is 0 Å². The van der Waals surface area contributed by atoms with E-state index in [1.165, 1.54) is 0 Å². The second-order valence-corrected chi connectivity index (χ2v) is 4.38. The molecule has 1 unspecified atom stereocenters. The molecule has 0 aliphatic rings. The van der Waals surface area contributed by atoms with Crippen LogP contribution in [0, 0.1) is 6.92 Å². The molecule has 0 aliphatic carbocycles. The number of nitrogens with two attached hydrogens (primary N) is 1. The second-order valence-electron chi connectivity index (χ2n) is 4.38. The fourth-order valence-corrected chi connectivity index (χ4v) is 1.91. The van der Waals surface area contributed by atoms with Gasteiger partial charge in [-0.25, -0.2) is 9.59 Å².